The molecule has 0 radical (unpaired) electrons. The molecule has 0 saturated heterocycles. The van der Waals surface area contributed by atoms with Gasteiger partial charge in [-0.05, 0) is 25.0 Å². The van der Waals surface area contributed by atoms with Gasteiger partial charge in [-0.3, -0.25) is 0 Å². The van der Waals surface area contributed by atoms with Crippen LogP contribution in [0.1, 0.15) is 58.8 Å². The van der Waals surface area contributed by atoms with Crippen molar-refractivity contribution in [1.82, 2.24) is 10.2 Å². The quantitative estimate of drug-likeness (QED) is 0.524. The number of nitrogens with zero attached hydrogens (tertiary/aromatic N) is 1. The van der Waals surface area contributed by atoms with Gasteiger partial charge in [0, 0.05) is 13.1 Å². The summed E-state index contributed by atoms with van der Waals surface area (Å²) in [5.74, 6) is 0.853. The molecule has 0 spiro atoms. The second kappa shape index (κ2) is 13.7. The highest BCUT2D eigenvalue weighted by Crippen LogP contribution is 2.09. The molecule has 1 N–H and O–H groups in total. The van der Waals surface area contributed by atoms with Gasteiger partial charge in [0.25, 0.3) is 0 Å². The third-order valence-electron chi connectivity index (χ3n) is 3.97. The van der Waals surface area contributed by atoms with Crippen LogP contribution in [0.25, 0.3) is 0 Å². The highest BCUT2D eigenvalue weighted by Gasteiger charge is 2.12. The SMILES string of the molecule is CCCCCCCCN(CCOc1ccccc1)C(=O)NCCC. The molecule has 4 heteroatoms. The van der Waals surface area contributed by atoms with E-state index in [9.17, 15) is 4.79 Å². The molecular weight excluding hydrogens is 300 g/mol. The van der Waals surface area contributed by atoms with Crippen molar-refractivity contribution >= 4 is 6.03 Å². The van der Waals surface area contributed by atoms with Crippen molar-refractivity contribution in [1.29, 1.82) is 0 Å². The predicted molar refractivity (Wildman–Crippen MR) is 101 cm³/mol. The van der Waals surface area contributed by atoms with E-state index in [1.54, 1.807) is 0 Å². The molecule has 4 nitrogen and oxygen atoms in total. The molecule has 0 aromatic heterocycles. The van der Waals surface area contributed by atoms with Crippen molar-refractivity contribution in [2.75, 3.05) is 26.2 Å². The summed E-state index contributed by atoms with van der Waals surface area (Å²) in [5.41, 5.74) is 0. The van der Waals surface area contributed by atoms with Gasteiger partial charge in [-0.1, -0.05) is 64.2 Å². The predicted octanol–water partition coefficient (Wildman–Crippen LogP) is 4.85. The van der Waals surface area contributed by atoms with E-state index in [4.69, 9.17) is 4.74 Å². The van der Waals surface area contributed by atoms with Gasteiger partial charge in [0.2, 0.25) is 0 Å². The largest absolute Gasteiger partial charge is 0.492 e. The minimum Gasteiger partial charge on any atom is -0.492 e. The Morgan fingerprint density at radius 2 is 1.67 bits per heavy atom. The molecule has 136 valence electrons. The summed E-state index contributed by atoms with van der Waals surface area (Å²) in [6.07, 6.45) is 8.35. The first-order valence-corrected chi connectivity index (χ1v) is 9.48. The topological polar surface area (TPSA) is 41.6 Å². The Kier molecular flexibility index (Phi) is 11.6. The first-order chi connectivity index (χ1) is 11.8. The van der Waals surface area contributed by atoms with Gasteiger partial charge in [-0.25, -0.2) is 4.79 Å². The van der Waals surface area contributed by atoms with Crippen LogP contribution in [0.4, 0.5) is 4.79 Å². The van der Waals surface area contributed by atoms with E-state index in [2.05, 4.69) is 19.2 Å². The maximum atomic E-state index is 12.3. The lowest BCUT2D eigenvalue weighted by Crippen LogP contribution is -2.42. The Labute approximate surface area is 147 Å². The molecule has 2 amide bonds. The van der Waals surface area contributed by atoms with Crippen LogP contribution >= 0.6 is 0 Å². The van der Waals surface area contributed by atoms with Crippen molar-refractivity contribution in [3.63, 3.8) is 0 Å². The van der Waals surface area contributed by atoms with Crippen molar-refractivity contribution in [3.05, 3.63) is 30.3 Å². The van der Waals surface area contributed by atoms with Gasteiger partial charge in [0.15, 0.2) is 0 Å². The molecule has 0 atom stereocenters. The number of para-hydroxylation sites is 1. The van der Waals surface area contributed by atoms with Crippen molar-refractivity contribution < 1.29 is 9.53 Å². The monoisotopic (exact) mass is 334 g/mol. The molecule has 0 bridgehead atoms. The van der Waals surface area contributed by atoms with E-state index < -0.39 is 0 Å². The smallest absolute Gasteiger partial charge is 0.317 e. The average molecular weight is 335 g/mol. The number of carbonyl (C=O) groups excluding carboxylic acids is 1. The summed E-state index contributed by atoms with van der Waals surface area (Å²) >= 11 is 0. The van der Waals surface area contributed by atoms with Crippen LogP contribution < -0.4 is 10.1 Å². The number of amides is 2. The van der Waals surface area contributed by atoms with Crippen molar-refractivity contribution in [2.24, 2.45) is 0 Å². The zero-order valence-electron chi connectivity index (χ0n) is 15.4. The van der Waals surface area contributed by atoms with Gasteiger partial charge in [0.1, 0.15) is 12.4 Å². The Bertz CT molecular complexity index is 423. The maximum absolute atomic E-state index is 12.3. The first-order valence-electron chi connectivity index (χ1n) is 9.48. The fourth-order valence-corrected chi connectivity index (χ4v) is 2.53. The summed E-state index contributed by atoms with van der Waals surface area (Å²) in [6, 6.07) is 9.79. The third-order valence-corrected chi connectivity index (χ3v) is 3.97. The molecule has 0 saturated carbocycles. The lowest BCUT2D eigenvalue weighted by Gasteiger charge is -2.23. The molecular formula is C20H34N2O2. The van der Waals surface area contributed by atoms with Crippen molar-refractivity contribution in [3.8, 4) is 5.75 Å². The number of nitrogens with one attached hydrogen (secondary N) is 1. The van der Waals surface area contributed by atoms with Crippen LogP contribution in [0.3, 0.4) is 0 Å². The fourth-order valence-electron chi connectivity index (χ4n) is 2.53. The number of carbonyl (C=O) groups is 1. The number of benzene rings is 1. The minimum atomic E-state index is 0.0297. The molecule has 24 heavy (non-hydrogen) atoms. The van der Waals surface area contributed by atoms with Gasteiger partial charge >= 0.3 is 6.03 Å². The van der Waals surface area contributed by atoms with Crippen LogP contribution in [-0.4, -0.2) is 37.2 Å². The summed E-state index contributed by atoms with van der Waals surface area (Å²) in [4.78, 5) is 14.2. The summed E-state index contributed by atoms with van der Waals surface area (Å²) in [6.45, 7) is 6.98. The normalized spacial score (nSPS) is 10.4. The second-order valence-electron chi connectivity index (χ2n) is 6.15. The summed E-state index contributed by atoms with van der Waals surface area (Å²) in [5, 5.41) is 2.97. The van der Waals surface area contributed by atoms with E-state index in [0.29, 0.717) is 13.2 Å². The standard InChI is InChI=1S/C20H34N2O2/c1-3-5-6-7-8-12-16-22(20(23)21-15-4-2)17-18-24-19-13-10-9-11-14-19/h9-11,13-14H,3-8,12,15-18H2,1-2H3,(H,21,23). The first kappa shape index (κ1) is 20.3. The van der Waals surface area contributed by atoms with Gasteiger partial charge < -0.3 is 15.0 Å². The second-order valence-corrected chi connectivity index (χ2v) is 6.15. The van der Waals surface area contributed by atoms with Crippen LogP contribution in [0.15, 0.2) is 30.3 Å². The third kappa shape index (κ3) is 9.43. The minimum absolute atomic E-state index is 0.0297. The lowest BCUT2D eigenvalue weighted by molar-refractivity contribution is 0.181. The van der Waals surface area contributed by atoms with E-state index in [1.165, 1.54) is 32.1 Å². The van der Waals surface area contributed by atoms with E-state index >= 15 is 0 Å². The number of urea groups is 1. The Balaban J connectivity index is 2.32. The highest BCUT2D eigenvalue weighted by atomic mass is 16.5. The molecule has 0 aliphatic carbocycles. The Morgan fingerprint density at radius 3 is 2.38 bits per heavy atom. The Morgan fingerprint density at radius 1 is 0.958 bits per heavy atom. The molecule has 1 aromatic rings. The lowest BCUT2D eigenvalue weighted by atomic mass is 10.1. The highest BCUT2D eigenvalue weighted by molar-refractivity contribution is 5.74. The van der Waals surface area contributed by atoms with Gasteiger partial charge in [0.05, 0.1) is 6.54 Å². The zero-order valence-corrected chi connectivity index (χ0v) is 15.4. The molecule has 0 aliphatic heterocycles. The molecule has 1 aromatic carbocycles. The molecule has 0 fully saturated rings. The number of unbranched alkanes of at least 4 members (excludes halogenated alkanes) is 5. The maximum Gasteiger partial charge on any atom is 0.317 e. The van der Waals surface area contributed by atoms with Crippen molar-refractivity contribution in [2.45, 2.75) is 58.8 Å². The number of ether oxygens (including phenoxy) is 1. The summed E-state index contributed by atoms with van der Waals surface area (Å²) < 4.78 is 5.73. The number of rotatable bonds is 13. The van der Waals surface area contributed by atoms with Gasteiger partial charge in [-0.15, -0.1) is 0 Å². The van der Waals surface area contributed by atoms with Crippen LogP contribution in [0.5, 0.6) is 5.75 Å². The number of hydrogen-bond donors (Lipinski definition) is 1. The summed E-state index contributed by atoms with van der Waals surface area (Å²) in [7, 11) is 0. The molecule has 0 aliphatic rings. The zero-order chi connectivity index (χ0) is 17.5. The average Bonchev–Trinajstić information content (AvgIpc) is 2.62. The van der Waals surface area contributed by atoms with Crippen LogP contribution in [0, 0.1) is 0 Å². The van der Waals surface area contributed by atoms with Crippen LogP contribution in [-0.2, 0) is 0 Å². The van der Waals surface area contributed by atoms with Gasteiger partial charge in [-0.2, -0.15) is 0 Å². The van der Waals surface area contributed by atoms with E-state index in [1.807, 2.05) is 35.2 Å². The van der Waals surface area contributed by atoms with E-state index in [0.717, 1.165) is 31.7 Å². The van der Waals surface area contributed by atoms with Crippen LogP contribution in [0.2, 0.25) is 0 Å². The van der Waals surface area contributed by atoms with E-state index in [-0.39, 0.29) is 6.03 Å². The molecule has 0 unspecified atom stereocenters. The molecule has 1 rings (SSSR count). The fraction of sp³-hybridized carbons (Fsp3) is 0.650. The Hall–Kier alpha value is -1.71. The molecule has 0 heterocycles. The number of hydrogen-bond acceptors (Lipinski definition) is 2.